The minimum absolute atomic E-state index is 0.0162. The Balaban J connectivity index is 0.000000131. The molecule has 10 aromatic carbocycles. The van der Waals surface area contributed by atoms with Gasteiger partial charge in [-0.05, 0) is 189 Å². The Kier molecular flexibility index (Phi) is 24.1. The van der Waals surface area contributed by atoms with E-state index in [9.17, 15) is 29.4 Å². The number of Topliss-reactive ketones (excluding diaryl/α,β-unsaturated/α-hetero) is 1. The molecule has 5 aliphatic rings. The van der Waals surface area contributed by atoms with Crippen molar-refractivity contribution >= 4 is 23.7 Å². The SMILES string of the molecule is CCOC(=O)CCC1(CCC(C)=O)c2ccccc2-c2ccccc21.O=C(O)CCC1(CCC(=O)O)c2ccccc2-c2ccccc21.OCCCC1(CCCO)c2ccccc2-c2ccccc21.[C-]#[N+]CCC1(CCC#N)c2ccccc2-c2ccccc21.c1ccc2c(c1)Cc1ccccc1-2. The van der Waals surface area contributed by atoms with Crippen molar-refractivity contribution in [1.82, 2.24) is 0 Å². The lowest BCUT2D eigenvalue weighted by molar-refractivity contribution is -0.143. The monoisotopic (exact) mass is 1370 g/mol. The van der Waals surface area contributed by atoms with Gasteiger partial charge in [-0.3, -0.25) is 14.4 Å². The predicted molar refractivity (Wildman–Crippen MR) is 408 cm³/mol. The van der Waals surface area contributed by atoms with Gasteiger partial charge in [-0.25, -0.2) is 6.57 Å². The Morgan fingerprint density at radius 2 is 0.670 bits per heavy atom. The summed E-state index contributed by atoms with van der Waals surface area (Å²) in [6.45, 7) is 11.9. The second-order valence-corrected chi connectivity index (χ2v) is 27.4. The molecule has 5 aliphatic carbocycles. The van der Waals surface area contributed by atoms with Crippen LogP contribution in [0.25, 0.3) is 60.5 Å². The minimum atomic E-state index is -0.860. The van der Waals surface area contributed by atoms with E-state index in [0.717, 1.165) is 73.6 Å². The highest BCUT2D eigenvalue weighted by molar-refractivity contribution is 5.86. The van der Waals surface area contributed by atoms with Crippen LogP contribution >= 0.6 is 0 Å². The van der Waals surface area contributed by atoms with Crippen molar-refractivity contribution in [3.8, 4) is 61.7 Å². The van der Waals surface area contributed by atoms with Crippen molar-refractivity contribution in [3.63, 3.8) is 0 Å². The highest BCUT2D eigenvalue weighted by atomic mass is 16.5. The molecule has 103 heavy (non-hydrogen) atoms. The van der Waals surface area contributed by atoms with E-state index in [-0.39, 0.29) is 54.1 Å². The number of rotatable bonds is 23. The summed E-state index contributed by atoms with van der Waals surface area (Å²) in [6, 6.07) is 86.2. The Morgan fingerprint density at radius 1 is 0.398 bits per heavy atom. The van der Waals surface area contributed by atoms with Crippen LogP contribution in [0.1, 0.15) is 166 Å². The van der Waals surface area contributed by atoms with Gasteiger partial charge in [0.2, 0.25) is 6.54 Å². The third kappa shape index (κ3) is 15.2. The maximum Gasteiger partial charge on any atom is 0.305 e. The maximum atomic E-state index is 12.0. The molecule has 4 N–H and O–H groups in total. The summed E-state index contributed by atoms with van der Waals surface area (Å²) in [5.74, 6) is -1.72. The smallest absolute Gasteiger partial charge is 0.305 e. The molecule has 0 aromatic heterocycles. The van der Waals surface area contributed by atoms with Crippen molar-refractivity contribution in [2.75, 3.05) is 26.4 Å². The van der Waals surface area contributed by atoms with Crippen LogP contribution < -0.4 is 0 Å². The van der Waals surface area contributed by atoms with Crippen LogP contribution in [0.2, 0.25) is 0 Å². The molecule has 522 valence electrons. The highest BCUT2D eigenvalue weighted by Gasteiger charge is 2.46. The number of ketones is 1. The number of benzene rings is 10. The first-order chi connectivity index (χ1) is 50.2. The zero-order chi connectivity index (χ0) is 72.4. The van der Waals surface area contributed by atoms with Crippen LogP contribution in [0, 0.1) is 17.9 Å². The molecular weight excluding hydrogens is 1280 g/mol. The van der Waals surface area contributed by atoms with Crippen LogP contribution in [0.4, 0.5) is 0 Å². The number of aliphatic hydroxyl groups is 2. The van der Waals surface area contributed by atoms with Crippen molar-refractivity contribution in [2.45, 2.75) is 138 Å². The molecule has 15 rings (SSSR count). The van der Waals surface area contributed by atoms with Gasteiger partial charge in [-0.2, -0.15) is 5.26 Å². The molecular formula is C92H90N2O9. The number of nitrogens with zero attached hydrogens (tertiary/aromatic N) is 2. The van der Waals surface area contributed by atoms with E-state index in [1.54, 1.807) is 6.92 Å². The first-order valence-corrected chi connectivity index (χ1v) is 36.2. The average molecular weight is 1370 g/mol. The first-order valence-electron chi connectivity index (χ1n) is 36.2. The average Bonchev–Trinajstić information content (AvgIpc) is 1.60. The van der Waals surface area contributed by atoms with Gasteiger partial charge in [-0.1, -0.05) is 243 Å². The number of carboxylic acid groups (broad SMARTS) is 2. The lowest BCUT2D eigenvalue weighted by atomic mass is 9.71. The van der Waals surface area contributed by atoms with Gasteiger partial charge in [0.15, 0.2) is 0 Å². The quantitative estimate of drug-likeness (QED) is 0.0355. The third-order valence-corrected chi connectivity index (χ3v) is 21.7. The molecule has 0 atom stereocenters. The molecule has 0 aliphatic heterocycles. The number of esters is 1. The third-order valence-electron chi connectivity index (χ3n) is 21.7. The summed E-state index contributed by atoms with van der Waals surface area (Å²) >= 11 is 0. The molecule has 0 radical (unpaired) electrons. The maximum absolute atomic E-state index is 12.0. The van der Waals surface area contributed by atoms with Gasteiger partial charge < -0.3 is 34.8 Å². The fourth-order valence-electron chi connectivity index (χ4n) is 17.3. The standard InChI is InChI=1S/C22H24O3.C19H16N2.C19H18O4.C19H22O2.C13H10/c1-3-25-21(24)13-15-22(14-12-16(2)23)19-10-6-4-8-17(19)18-9-5-7-11-20(18)22;1-21-14-12-19(11-6-13-20)17-9-4-2-7-15(17)16-8-3-5-10-18(16)19;20-17(21)9-11-19(12-10-18(22)23)15-7-3-1-5-13(15)14-6-2-4-8-16(14)19;20-13-5-11-19(12-6-14-21)17-9-3-1-7-15(17)16-8-2-4-10-18(16)19;1-3-7-12-10(5-1)9-11-6-2-4-8-13(11)12/h4-11H,3,12-15H2,1-2H3;2-5,7-10H,6,11-12,14H2;1-8H,9-12H2,(H,20,21)(H,22,23);1-4,7-10,20-21H,5-6,11-14H2;1-8H,9H2. The van der Waals surface area contributed by atoms with E-state index in [2.05, 4.69) is 181 Å². The number of nitriles is 1. The van der Waals surface area contributed by atoms with Gasteiger partial charge in [-0.15, -0.1) is 0 Å². The predicted octanol–water partition coefficient (Wildman–Crippen LogP) is 19.7. The van der Waals surface area contributed by atoms with E-state index in [4.69, 9.17) is 26.8 Å². The molecule has 10 aromatic rings. The molecule has 0 saturated carbocycles. The van der Waals surface area contributed by atoms with Gasteiger partial charge in [0.1, 0.15) is 5.78 Å². The summed E-state index contributed by atoms with van der Waals surface area (Å²) in [7, 11) is 0. The Hall–Kier alpha value is -10.8. The Labute approximate surface area is 606 Å². The lowest BCUT2D eigenvalue weighted by Crippen LogP contribution is -2.27. The van der Waals surface area contributed by atoms with Crippen LogP contribution in [0.3, 0.4) is 0 Å². The van der Waals surface area contributed by atoms with Crippen molar-refractivity contribution in [2.24, 2.45) is 0 Å². The molecule has 11 heteroatoms. The number of fused-ring (bicyclic) bond motifs is 15. The topological polar surface area (TPSA) is 187 Å². The molecule has 0 spiro atoms. The highest BCUT2D eigenvalue weighted by Crippen LogP contribution is 2.57. The van der Waals surface area contributed by atoms with Crippen LogP contribution in [0.15, 0.2) is 243 Å². The Morgan fingerprint density at radius 3 is 0.951 bits per heavy atom. The van der Waals surface area contributed by atoms with Crippen molar-refractivity contribution in [3.05, 3.63) is 310 Å². The van der Waals surface area contributed by atoms with E-state index in [0.29, 0.717) is 51.7 Å². The lowest BCUT2D eigenvalue weighted by Gasteiger charge is -2.32. The van der Waals surface area contributed by atoms with Crippen LogP contribution in [-0.4, -0.2) is 70.5 Å². The van der Waals surface area contributed by atoms with Crippen LogP contribution in [-0.2, 0) is 52.0 Å². The van der Waals surface area contributed by atoms with Gasteiger partial charge in [0.25, 0.3) is 0 Å². The number of ether oxygens (including phenoxy) is 1. The number of hydrogen-bond acceptors (Lipinski definition) is 8. The van der Waals surface area contributed by atoms with E-state index in [1.165, 1.54) is 89.0 Å². The fourth-order valence-corrected chi connectivity index (χ4v) is 17.3. The van der Waals surface area contributed by atoms with Crippen LogP contribution in [0.5, 0.6) is 0 Å². The molecule has 0 saturated heterocycles. The normalized spacial score (nSPS) is 13.9. The van der Waals surface area contributed by atoms with Gasteiger partial charge in [0.05, 0.1) is 12.7 Å². The second-order valence-electron chi connectivity index (χ2n) is 27.4. The summed E-state index contributed by atoms with van der Waals surface area (Å²) < 4.78 is 5.14. The Bertz CT molecular complexity index is 4490. The van der Waals surface area contributed by atoms with Gasteiger partial charge >= 0.3 is 17.9 Å². The van der Waals surface area contributed by atoms with E-state index >= 15 is 0 Å². The zero-order valence-corrected chi connectivity index (χ0v) is 59.0. The number of carbonyl (C=O) groups excluding carboxylic acids is 2. The molecule has 11 nitrogen and oxygen atoms in total. The minimum Gasteiger partial charge on any atom is -0.481 e. The summed E-state index contributed by atoms with van der Waals surface area (Å²) in [4.78, 5) is 49.6. The molecule has 0 bridgehead atoms. The summed E-state index contributed by atoms with van der Waals surface area (Å²) in [5.41, 5.74) is 24.2. The number of carboxylic acids is 2. The number of aliphatic carboxylic acids is 2. The molecule has 0 fully saturated rings. The largest absolute Gasteiger partial charge is 0.481 e. The summed E-state index contributed by atoms with van der Waals surface area (Å²) in [6.07, 6.45) is 9.70. The number of hydrogen-bond donors (Lipinski definition) is 4. The molecule has 0 unspecified atom stereocenters. The summed E-state index contributed by atoms with van der Waals surface area (Å²) in [5, 5.41) is 46.0. The second kappa shape index (κ2) is 33.8. The van der Waals surface area contributed by atoms with Gasteiger partial charge in [0, 0.05) is 73.4 Å². The number of carbonyl (C=O) groups is 4. The first kappa shape index (κ1) is 73.4. The van der Waals surface area contributed by atoms with Crippen molar-refractivity contribution in [1.29, 1.82) is 5.26 Å². The molecule has 0 amide bonds. The molecule has 0 heterocycles. The zero-order valence-electron chi connectivity index (χ0n) is 59.0. The van der Waals surface area contributed by atoms with E-state index in [1.807, 2.05) is 79.7 Å². The fraction of sp³-hybridized carbons (Fsp3) is 0.283. The number of aliphatic hydroxyl groups excluding tert-OH is 2. The van der Waals surface area contributed by atoms with Crippen molar-refractivity contribution < 1.29 is 44.3 Å². The van der Waals surface area contributed by atoms with E-state index < -0.39 is 17.4 Å².